The lowest BCUT2D eigenvalue weighted by Crippen LogP contribution is -2.01. The largest absolute Gasteiger partial charge is 0.305 e. The zero-order chi connectivity index (χ0) is 18.8. The standard InChI is InChI=1S/C18H18N8S/c1-12-5-4-6-15(11-12)26-23-16(20-24-26)13(2)27-18-22-21-17(25(18)3)14-7-9-19-10-8-14/h4-11,13H,1-3H3. The minimum atomic E-state index is -0.0169. The summed E-state index contributed by atoms with van der Waals surface area (Å²) in [4.78, 5) is 5.59. The maximum atomic E-state index is 4.52. The summed E-state index contributed by atoms with van der Waals surface area (Å²) in [6, 6.07) is 11.8. The van der Waals surface area contributed by atoms with Gasteiger partial charge in [0.15, 0.2) is 16.8 Å². The fourth-order valence-electron chi connectivity index (χ4n) is 2.63. The molecule has 1 aromatic carbocycles. The molecule has 3 aromatic heterocycles. The topological polar surface area (TPSA) is 87.2 Å². The van der Waals surface area contributed by atoms with Crippen molar-refractivity contribution in [3.8, 4) is 17.1 Å². The van der Waals surface area contributed by atoms with E-state index in [0.29, 0.717) is 5.82 Å². The fraction of sp³-hybridized carbons (Fsp3) is 0.222. The van der Waals surface area contributed by atoms with Gasteiger partial charge in [-0.25, -0.2) is 0 Å². The van der Waals surface area contributed by atoms with Crippen molar-refractivity contribution in [1.29, 1.82) is 0 Å². The number of aromatic nitrogens is 8. The molecule has 1 unspecified atom stereocenters. The van der Waals surface area contributed by atoms with Crippen molar-refractivity contribution in [2.24, 2.45) is 7.05 Å². The molecule has 0 spiro atoms. The molecule has 0 amide bonds. The molecule has 27 heavy (non-hydrogen) atoms. The molecule has 0 saturated heterocycles. The van der Waals surface area contributed by atoms with Gasteiger partial charge in [0.05, 0.1) is 10.9 Å². The molecule has 0 saturated carbocycles. The number of hydrogen-bond acceptors (Lipinski definition) is 7. The van der Waals surface area contributed by atoms with Crippen LogP contribution in [0.4, 0.5) is 0 Å². The molecule has 0 aliphatic heterocycles. The van der Waals surface area contributed by atoms with Gasteiger partial charge in [0.2, 0.25) is 0 Å². The minimum absolute atomic E-state index is 0.0169. The summed E-state index contributed by atoms with van der Waals surface area (Å²) >= 11 is 1.55. The van der Waals surface area contributed by atoms with E-state index in [4.69, 9.17) is 0 Å². The number of hydrogen-bond donors (Lipinski definition) is 0. The van der Waals surface area contributed by atoms with Gasteiger partial charge in [0.25, 0.3) is 0 Å². The number of pyridine rings is 1. The van der Waals surface area contributed by atoms with Crippen LogP contribution in [0.25, 0.3) is 17.1 Å². The zero-order valence-corrected chi connectivity index (χ0v) is 16.0. The van der Waals surface area contributed by atoms with E-state index in [1.165, 1.54) is 0 Å². The SMILES string of the molecule is Cc1cccc(-n2nnc(C(C)Sc3nnc(-c4ccncc4)n3C)n2)c1. The third kappa shape index (κ3) is 3.59. The number of thioether (sulfide) groups is 1. The first-order chi connectivity index (χ1) is 13.1. The lowest BCUT2D eigenvalue weighted by atomic mass is 10.2. The van der Waals surface area contributed by atoms with E-state index in [-0.39, 0.29) is 5.25 Å². The molecule has 0 bridgehead atoms. The second-order valence-electron chi connectivity index (χ2n) is 6.14. The van der Waals surface area contributed by atoms with Gasteiger partial charge in [0.1, 0.15) is 0 Å². The Morgan fingerprint density at radius 2 is 1.85 bits per heavy atom. The number of benzene rings is 1. The average molecular weight is 378 g/mol. The first-order valence-corrected chi connectivity index (χ1v) is 9.33. The molecule has 0 fully saturated rings. The number of nitrogens with zero attached hydrogens (tertiary/aromatic N) is 8. The maximum Gasteiger partial charge on any atom is 0.191 e. The van der Waals surface area contributed by atoms with Gasteiger partial charge in [0, 0.05) is 25.0 Å². The van der Waals surface area contributed by atoms with Crippen molar-refractivity contribution in [2.75, 3.05) is 0 Å². The molecule has 0 aliphatic carbocycles. The van der Waals surface area contributed by atoms with Gasteiger partial charge in [-0.05, 0) is 48.9 Å². The Balaban J connectivity index is 1.53. The van der Waals surface area contributed by atoms with Gasteiger partial charge in [-0.15, -0.1) is 25.2 Å². The summed E-state index contributed by atoms with van der Waals surface area (Å²) < 4.78 is 1.96. The lowest BCUT2D eigenvalue weighted by molar-refractivity contribution is 0.717. The predicted molar refractivity (Wildman–Crippen MR) is 102 cm³/mol. The Morgan fingerprint density at radius 3 is 2.63 bits per heavy atom. The van der Waals surface area contributed by atoms with Crippen molar-refractivity contribution in [3.05, 3.63) is 60.2 Å². The average Bonchev–Trinajstić information content (AvgIpc) is 3.31. The van der Waals surface area contributed by atoms with Crippen molar-refractivity contribution < 1.29 is 0 Å². The van der Waals surface area contributed by atoms with Crippen LogP contribution in [0.5, 0.6) is 0 Å². The summed E-state index contributed by atoms with van der Waals surface area (Å²) in [7, 11) is 1.95. The van der Waals surface area contributed by atoms with Gasteiger partial charge in [-0.3, -0.25) is 4.98 Å². The van der Waals surface area contributed by atoms with Gasteiger partial charge < -0.3 is 4.57 Å². The molecule has 9 heteroatoms. The number of rotatable bonds is 5. The molecule has 4 aromatic rings. The van der Waals surface area contributed by atoms with Crippen LogP contribution in [-0.4, -0.2) is 40.0 Å². The second-order valence-corrected chi connectivity index (χ2v) is 7.45. The van der Waals surface area contributed by atoms with E-state index in [1.54, 1.807) is 29.0 Å². The van der Waals surface area contributed by atoms with Gasteiger partial charge in [-0.1, -0.05) is 23.9 Å². The molecule has 0 N–H and O–H groups in total. The molecular formula is C18H18N8S. The van der Waals surface area contributed by atoms with Crippen molar-refractivity contribution in [2.45, 2.75) is 24.3 Å². The molecule has 0 radical (unpaired) electrons. The Hall–Kier alpha value is -3.07. The fourth-order valence-corrected chi connectivity index (χ4v) is 3.48. The highest BCUT2D eigenvalue weighted by atomic mass is 32.2. The maximum absolute atomic E-state index is 4.52. The van der Waals surface area contributed by atoms with E-state index < -0.39 is 0 Å². The summed E-state index contributed by atoms with van der Waals surface area (Å²) in [6.07, 6.45) is 3.49. The smallest absolute Gasteiger partial charge is 0.191 e. The van der Waals surface area contributed by atoms with E-state index in [1.807, 2.05) is 61.9 Å². The van der Waals surface area contributed by atoms with Crippen LogP contribution in [0.2, 0.25) is 0 Å². The van der Waals surface area contributed by atoms with E-state index >= 15 is 0 Å². The highest BCUT2D eigenvalue weighted by Crippen LogP contribution is 2.33. The van der Waals surface area contributed by atoms with E-state index in [0.717, 1.165) is 27.8 Å². The molecule has 1 atom stereocenters. The Morgan fingerprint density at radius 1 is 1.04 bits per heavy atom. The molecular weight excluding hydrogens is 360 g/mol. The van der Waals surface area contributed by atoms with Crippen molar-refractivity contribution in [3.63, 3.8) is 0 Å². The molecule has 8 nitrogen and oxygen atoms in total. The Kier molecular flexibility index (Phi) is 4.68. The summed E-state index contributed by atoms with van der Waals surface area (Å²) in [5, 5.41) is 22.3. The Labute approximate surface area is 160 Å². The van der Waals surface area contributed by atoms with Crippen LogP contribution in [0, 0.1) is 6.92 Å². The normalized spacial score (nSPS) is 12.3. The van der Waals surface area contributed by atoms with Gasteiger partial charge >= 0.3 is 0 Å². The van der Waals surface area contributed by atoms with E-state index in [2.05, 4.69) is 30.6 Å². The van der Waals surface area contributed by atoms with Crippen LogP contribution in [-0.2, 0) is 7.05 Å². The Bertz CT molecular complexity index is 1060. The van der Waals surface area contributed by atoms with Crippen LogP contribution < -0.4 is 0 Å². The van der Waals surface area contributed by atoms with E-state index in [9.17, 15) is 0 Å². The summed E-state index contributed by atoms with van der Waals surface area (Å²) in [5.74, 6) is 1.44. The first kappa shape index (κ1) is 17.3. The van der Waals surface area contributed by atoms with Crippen molar-refractivity contribution >= 4 is 11.8 Å². The quantitative estimate of drug-likeness (QED) is 0.493. The first-order valence-electron chi connectivity index (χ1n) is 8.45. The third-order valence-corrected chi connectivity index (χ3v) is 5.21. The third-order valence-electron chi connectivity index (χ3n) is 4.08. The monoisotopic (exact) mass is 378 g/mol. The molecule has 0 aliphatic rings. The lowest BCUT2D eigenvalue weighted by Gasteiger charge is -2.07. The predicted octanol–water partition coefficient (Wildman–Crippen LogP) is 3.01. The summed E-state index contributed by atoms with van der Waals surface area (Å²) in [6.45, 7) is 4.07. The second kappa shape index (κ2) is 7.28. The molecule has 4 rings (SSSR count). The number of tetrazole rings is 1. The van der Waals surface area contributed by atoms with Gasteiger partial charge in [-0.2, -0.15) is 0 Å². The minimum Gasteiger partial charge on any atom is -0.305 e. The molecule has 3 heterocycles. The molecule has 136 valence electrons. The van der Waals surface area contributed by atoms with Crippen molar-refractivity contribution in [1.82, 2.24) is 40.0 Å². The number of aryl methyl sites for hydroxylation is 1. The highest BCUT2D eigenvalue weighted by Gasteiger charge is 2.19. The summed E-state index contributed by atoms with van der Waals surface area (Å²) in [5.41, 5.74) is 3.02. The van der Waals surface area contributed by atoms with Crippen LogP contribution in [0.15, 0.2) is 53.9 Å². The zero-order valence-electron chi connectivity index (χ0n) is 15.2. The highest BCUT2D eigenvalue weighted by molar-refractivity contribution is 7.99. The van der Waals surface area contributed by atoms with Crippen LogP contribution in [0.3, 0.4) is 0 Å². The van der Waals surface area contributed by atoms with Crippen LogP contribution in [0.1, 0.15) is 23.6 Å². The van der Waals surface area contributed by atoms with Crippen LogP contribution >= 0.6 is 11.8 Å².